The van der Waals surface area contributed by atoms with Gasteiger partial charge in [0.05, 0.1) is 28.5 Å². The first-order valence-electron chi connectivity index (χ1n) is 9.37. The quantitative estimate of drug-likeness (QED) is 0.623. The minimum absolute atomic E-state index is 0.168. The zero-order chi connectivity index (χ0) is 20.5. The summed E-state index contributed by atoms with van der Waals surface area (Å²) in [7, 11) is 1.93. The third-order valence-electron chi connectivity index (χ3n) is 4.90. The van der Waals surface area contributed by atoms with E-state index in [1.165, 1.54) is 11.3 Å². The number of carbonyl (C=O) groups is 1. The minimum Gasteiger partial charge on any atom is -0.463 e. The Hall–Kier alpha value is -3.19. The number of esters is 1. The summed E-state index contributed by atoms with van der Waals surface area (Å²) >= 11 is 1.33. The smallest absolute Gasteiger partial charge is 0.338 e. The zero-order valence-electron chi connectivity index (χ0n) is 16.5. The molecule has 3 aromatic rings. The standard InChI is InChI=1S/C22H21N3O3S/c1-4-28-21(27)18-14(2)23-22-25(19(18)15-9-6-5-7-10-15)20(26)17(29-22)13-16-11-8-12-24(16)3/h5-13,19H,4H2,1-3H3/b17-13-/t19-/m1/s1. The van der Waals surface area contributed by atoms with E-state index < -0.39 is 12.0 Å². The van der Waals surface area contributed by atoms with E-state index in [9.17, 15) is 9.59 Å². The topological polar surface area (TPSA) is 65.6 Å². The predicted octanol–water partition coefficient (Wildman–Crippen LogP) is 2.14. The molecule has 7 heteroatoms. The molecule has 0 radical (unpaired) electrons. The van der Waals surface area contributed by atoms with Gasteiger partial charge in [-0.25, -0.2) is 9.79 Å². The van der Waals surface area contributed by atoms with Gasteiger partial charge < -0.3 is 9.30 Å². The molecule has 1 aliphatic rings. The summed E-state index contributed by atoms with van der Waals surface area (Å²) < 4.78 is 9.41. The van der Waals surface area contributed by atoms with Crippen molar-refractivity contribution in [2.45, 2.75) is 19.9 Å². The van der Waals surface area contributed by atoms with Crippen molar-refractivity contribution in [2.75, 3.05) is 6.61 Å². The van der Waals surface area contributed by atoms with Crippen LogP contribution in [-0.4, -0.2) is 21.7 Å². The molecule has 0 aliphatic carbocycles. The van der Waals surface area contributed by atoms with Crippen molar-refractivity contribution in [3.63, 3.8) is 0 Å². The number of carbonyl (C=O) groups excluding carboxylic acids is 1. The Labute approximate surface area is 171 Å². The molecule has 29 heavy (non-hydrogen) atoms. The number of aryl methyl sites for hydroxylation is 1. The van der Waals surface area contributed by atoms with Gasteiger partial charge in [0.25, 0.3) is 5.56 Å². The van der Waals surface area contributed by atoms with E-state index in [0.717, 1.165) is 11.3 Å². The van der Waals surface area contributed by atoms with Crippen LogP contribution in [0.15, 0.2) is 69.7 Å². The molecule has 2 aromatic heterocycles. The molecular weight excluding hydrogens is 386 g/mol. The minimum atomic E-state index is -0.568. The first-order valence-corrected chi connectivity index (χ1v) is 10.2. The molecule has 0 saturated heterocycles. The van der Waals surface area contributed by atoms with E-state index in [1.807, 2.05) is 66.4 Å². The fourth-order valence-corrected chi connectivity index (χ4v) is 4.53. The largest absolute Gasteiger partial charge is 0.463 e. The van der Waals surface area contributed by atoms with Crippen molar-refractivity contribution in [1.29, 1.82) is 0 Å². The molecule has 0 bridgehead atoms. The van der Waals surface area contributed by atoms with Crippen molar-refractivity contribution in [1.82, 2.24) is 9.13 Å². The Morgan fingerprint density at radius 3 is 2.66 bits per heavy atom. The van der Waals surface area contributed by atoms with E-state index >= 15 is 0 Å². The fourth-order valence-electron chi connectivity index (χ4n) is 3.50. The maximum atomic E-state index is 13.4. The van der Waals surface area contributed by atoms with E-state index in [-0.39, 0.29) is 12.2 Å². The summed E-state index contributed by atoms with van der Waals surface area (Å²) in [6.45, 7) is 3.81. The van der Waals surface area contributed by atoms with Crippen LogP contribution in [0.4, 0.5) is 0 Å². The van der Waals surface area contributed by atoms with E-state index in [2.05, 4.69) is 4.99 Å². The molecule has 1 aromatic carbocycles. The number of allylic oxidation sites excluding steroid dienone is 1. The molecule has 3 heterocycles. The Morgan fingerprint density at radius 2 is 2.00 bits per heavy atom. The number of ether oxygens (including phenoxy) is 1. The monoisotopic (exact) mass is 407 g/mol. The third-order valence-corrected chi connectivity index (χ3v) is 5.88. The second-order valence-electron chi connectivity index (χ2n) is 6.76. The SMILES string of the molecule is CCOC(=O)C1=C(C)N=c2s/c(=C\c3cccn3C)c(=O)n2[C@@H]1c1ccccc1. The molecule has 1 atom stereocenters. The number of aromatic nitrogens is 2. The predicted molar refractivity (Wildman–Crippen MR) is 112 cm³/mol. The summed E-state index contributed by atoms with van der Waals surface area (Å²) in [5.74, 6) is -0.445. The highest BCUT2D eigenvalue weighted by Gasteiger charge is 2.33. The molecule has 4 rings (SSSR count). The molecule has 1 aliphatic heterocycles. The van der Waals surface area contributed by atoms with Gasteiger partial charge in [0, 0.05) is 18.9 Å². The van der Waals surface area contributed by atoms with Crippen LogP contribution in [0.3, 0.4) is 0 Å². The fraction of sp³-hybridized carbons (Fsp3) is 0.227. The lowest BCUT2D eigenvalue weighted by molar-refractivity contribution is -0.139. The summed E-state index contributed by atoms with van der Waals surface area (Å²) in [6, 6.07) is 12.8. The lowest BCUT2D eigenvalue weighted by Crippen LogP contribution is -2.39. The van der Waals surface area contributed by atoms with Crippen LogP contribution in [0.5, 0.6) is 0 Å². The number of rotatable bonds is 4. The van der Waals surface area contributed by atoms with Crippen LogP contribution in [0.25, 0.3) is 6.08 Å². The second-order valence-corrected chi connectivity index (χ2v) is 7.77. The molecule has 0 unspecified atom stereocenters. The van der Waals surface area contributed by atoms with Crippen LogP contribution in [-0.2, 0) is 16.6 Å². The summed E-state index contributed by atoms with van der Waals surface area (Å²) in [5.41, 5.74) is 2.57. The first kappa shape index (κ1) is 19.1. The zero-order valence-corrected chi connectivity index (χ0v) is 17.3. The van der Waals surface area contributed by atoms with Gasteiger partial charge >= 0.3 is 5.97 Å². The normalized spacial score (nSPS) is 16.5. The Bertz CT molecular complexity index is 1280. The Kier molecular flexibility index (Phi) is 5.07. The van der Waals surface area contributed by atoms with Gasteiger partial charge in [0.2, 0.25) is 0 Å². The van der Waals surface area contributed by atoms with Crippen molar-refractivity contribution in [3.8, 4) is 0 Å². The lowest BCUT2D eigenvalue weighted by Gasteiger charge is -2.24. The maximum absolute atomic E-state index is 13.4. The number of thiazole rings is 1. The lowest BCUT2D eigenvalue weighted by atomic mass is 9.96. The van der Waals surface area contributed by atoms with Gasteiger partial charge in [0.15, 0.2) is 4.80 Å². The van der Waals surface area contributed by atoms with Crippen LogP contribution in [0.2, 0.25) is 0 Å². The average Bonchev–Trinajstić information content (AvgIpc) is 3.25. The highest BCUT2D eigenvalue weighted by Crippen LogP contribution is 2.30. The molecular formula is C22H21N3O3S. The van der Waals surface area contributed by atoms with Crippen LogP contribution in [0.1, 0.15) is 31.1 Å². The van der Waals surface area contributed by atoms with E-state index in [0.29, 0.717) is 20.6 Å². The van der Waals surface area contributed by atoms with Gasteiger partial charge in [-0.2, -0.15) is 0 Å². The summed E-state index contributed by atoms with van der Waals surface area (Å²) in [5, 5.41) is 0. The number of hydrogen-bond donors (Lipinski definition) is 0. The van der Waals surface area contributed by atoms with Crippen molar-refractivity contribution in [3.05, 3.63) is 90.9 Å². The first-order chi connectivity index (χ1) is 14.0. The number of hydrogen-bond acceptors (Lipinski definition) is 5. The van der Waals surface area contributed by atoms with Gasteiger partial charge in [0.1, 0.15) is 0 Å². The molecule has 148 valence electrons. The van der Waals surface area contributed by atoms with E-state index in [4.69, 9.17) is 4.74 Å². The molecule has 0 fully saturated rings. The summed E-state index contributed by atoms with van der Waals surface area (Å²) in [4.78, 5) is 31.3. The van der Waals surface area contributed by atoms with Crippen LogP contribution < -0.4 is 14.9 Å². The van der Waals surface area contributed by atoms with Gasteiger partial charge in [-0.15, -0.1) is 0 Å². The highest BCUT2D eigenvalue weighted by atomic mass is 32.1. The molecule has 0 N–H and O–H groups in total. The van der Waals surface area contributed by atoms with Gasteiger partial charge in [-0.1, -0.05) is 41.7 Å². The second kappa shape index (κ2) is 7.67. The molecule has 0 saturated carbocycles. The molecule has 0 spiro atoms. The van der Waals surface area contributed by atoms with Crippen molar-refractivity contribution < 1.29 is 9.53 Å². The van der Waals surface area contributed by atoms with Gasteiger partial charge in [-0.3, -0.25) is 9.36 Å². The van der Waals surface area contributed by atoms with Crippen molar-refractivity contribution in [2.24, 2.45) is 12.0 Å². The maximum Gasteiger partial charge on any atom is 0.338 e. The number of benzene rings is 1. The highest BCUT2D eigenvalue weighted by molar-refractivity contribution is 7.07. The van der Waals surface area contributed by atoms with E-state index in [1.54, 1.807) is 18.4 Å². The molecule has 6 nitrogen and oxygen atoms in total. The summed E-state index contributed by atoms with van der Waals surface area (Å²) in [6.07, 6.45) is 3.79. The average molecular weight is 407 g/mol. The number of nitrogens with zero attached hydrogens (tertiary/aromatic N) is 3. The third kappa shape index (κ3) is 3.38. The molecule has 0 amide bonds. The Morgan fingerprint density at radius 1 is 1.24 bits per heavy atom. The van der Waals surface area contributed by atoms with Crippen LogP contribution in [0, 0.1) is 0 Å². The van der Waals surface area contributed by atoms with Crippen LogP contribution >= 0.6 is 11.3 Å². The van der Waals surface area contributed by atoms with Crippen molar-refractivity contribution >= 4 is 23.4 Å². The van der Waals surface area contributed by atoms with Gasteiger partial charge in [-0.05, 0) is 37.6 Å². The Balaban J connectivity index is 1.98. The number of fused-ring (bicyclic) bond motifs is 1.